The van der Waals surface area contributed by atoms with Crippen LogP contribution in [0.25, 0.3) is 0 Å². The summed E-state index contributed by atoms with van der Waals surface area (Å²) in [7, 11) is 0. The Morgan fingerprint density at radius 1 is 1.42 bits per heavy atom. The number of benzene rings is 1. The van der Waals surface area contributed by atoms with Gasteiger partial charge in [-0.15, -0.1) is 11.8 Å². The zero-order valence-corrected chi connectivity index (χ0v) is 11.9. The highest BCUT2D eigenvalue weighted by Gasteiger charge is 2.23. The van der Waals surface area contributed by atoms with Gasteiger partial charge in [-0.3, -0.25) is 9.59 Å². The lowest BCUT2D eigenvalue weighted by Crippen LogP contribution is -2.29. The van der Waals surface area contributed by atoms with Crippen molar-refractivity contribution in [2.45, 2.75) is 18.9 Å². The molecule has 6 heteroatoms. The molecule has 1 aromatic rings. The molecule has 1 aliphatic carbocycles. The maximum Gasteiger partial charge on any atom is 0.230 e. The van der Waals surface area contributed by atoms with Gasteiger partial charge in [0.2, 0.25) is 11.8 Å². The summed E-state index contributed by atoms with van der Waals surface area (Å²) < 4.78 is 0. The Bertz CT molecular complexity index is 507. The van der Waals surface area contributed by atoms with Gasteiger partial charge in [0.25, 0.3) is 0 Å². The molecular formula is C13H15ClN2O2S. The molecule has 0 bridgehead atoms. The number of amides is 2. The third-order valence-corrected chi connectivity index (χ3v) is 4.19. The van der Waals surface area contributed by atoms with Crippen molar-refractivity contribution in [1.82, 2.24) is 5.32 Å². The number of thioether (sulfide) groups is 1. The molecule has 102 valence electrons. The molecule has 0 aliphatic heterocycles. The van der Waals surface area contributed by atoms with Crippen molar-refractivity contribution in [3.63, 3.8) is 0 Å². The molecule has 1 unspecified atom stereocenters. The van der Waals surface area contributed by atoms with E-state index in [4.69, 9.17) is 17.3 Å². The van der Waals surface area contributed by atoms with E-state index in [1.54, 1.807) is 0 Å². The molecule has 4 nitrogen and oxygen atoms in total. The summed E-state index contributed by atoms with van der Waals surface area (Å²) in [6.45, 7) is 0. The van der Waals surface area contributed by atoms with Crippen LogP contribution in [-0.4, -0.2) is 23.3 Å². The Morgan fingerprint density at radius 3 is 2.95 bits per heavy atom. The monoisotopic (exact) mass is 298 g/mol. The van der Waals surface area contributed by atoms with Gasteiger partial charge in [0.05, 0.1) is 17.5 Å². The fourth-order valence-corrected chi connectivity index (χ4v) is 2.98. The van der Waals surface area contributed by atoms with Crippen LogP contribution in [0.2, 0.25) is 5.02 Å². The second kappa shape index (κ2) is 6.30. The highest BCUT2D eigenvalue weighted by molar-refractivity contribution is 8.00. The van der Waals surface area contributed by atoms with Gasteiger partial charge in [0.1, 0.15) is 0 Å². The first-order valence-corrected chi connectivity index (χ1v) is 7.53. The SMILES string of the molecule is NC(=O)CSCC(=O)NC1CCc2cc(Cl)ccc21. The standard InChI is InChI=1S/C13H15ClN2O2S/c14-9-2-3-10-8(5-9)1-4-11(10)16-13(18)7-19-6-12(15)17/h2-3,5,11H,1,4,6-7H2,(H2,15,17)(H,16,18). The fourth-order valence-electron chi connectivity index (χ4n) is 2.22. The summed E-state index contributed by atoms with van der Waals surface area (Å²) in [5.74, 6) is -0.0511. The largest absolute Gasteiger partial charge is 0.369 e. The van der Waals surface area contributed by atoms with Gasteiger partial charge in [0, 0.05) is 5.02 Å². The van der Waals surface area contributed by atoms with E-state index in [0.717, 1.165) is 23.4 Å². The summed E-state index contributed by atoms with van der Waals surface area (Å²) in [5, 5.41) is 3.70. The van der Waals surface area contributed by atoms with E-state index in [2.05, 4.69) is 5.32 Å². The third-order valence-electron chi connectivity index (χ3n) is 3.00. The molecule has 1 atom stereocenters. The van der Waals surface area contributed by atoms with Crippen LogP contribution in [0.3, 0.4) is 0 Å². The molecule has 3 N–H and O–H groups in total. The van der Waals surface area contributed by atoms with E-state index in [-0.39, 0.29) is 23.5 Å². The number of nitrogens with one attached hydrogen (secondary N) is 1. The van der Waals surface area contributed by atoms with E-state index < -0.39 is 5.91 Å². The van der Waals surface area contributed by atoms with Crippen LogP contribution < -0.4 is 11.1 Å². The van der Waals surface area contributed by atoms with Crippen LogP contribution in [-0.2, 0) is 16.0 Å². The van der Waals surface area contributed by atoms with Gasteiger partial charge in [-0.25, -0.2) is 0 Å². The number of hydrogen-bond acceptors (Lipinski definition) is 3. The lowest BCUT2D eigenvalue weighted by atomic mass is 10.1. The maximum absolute atomic E-state index is 11.7. The van der Waals surface area contributed by atoms with Crippen molar-refractivity contribution in [2.75, 3.05) is 11.5 Å². The Hall–Kier alpha value is -1.20. The zero-order chi connectivity index (χ0) is 13.8. The van der Waals surface area contributed by atoms with Crippen molar-refractivity contribution in [2.24, 2.45) is 5.73 Å². The number of fused-ring (bicyclic) bond motifs is 1. The summed E-state index contributed by atoms with van der Waals surface area (Å²) in [5.41, 5.74) is 7.35. The summed E-state index contributed by atoms with van der Waals surface area (Å²) in [4.78, 5) is 22.3. The molecule has 0 spiro atoms. The van der Waals surface area contributed by atoms with Gasteiger partial charge in [-0.2, -0.15) is 0 Å². The fraction of sp³-hybridized carbons (Fsp3) is 0.385. The molecule has 0 heterocycles. The van der Waals surface area contributed by atoms with Gasteiger partial charge < -0.3 is 11.1 Å². The van der Waals surface area contributed by atoms with Crippen molar-refractivity contribution in [1.29, 1.82) is 0 Å². The Labute approximate surface area is 121 Å². The van der Waals surface area contributed by atoms with Gasteiger partial charge >= 0.3 is 0 Å². The van der Waals surface area contributed by atoms with E-state index >= 15 is 0 Å². The smallest absolute Gasteiger partial charge is 0.230 e. The Balaban J connectivity index is 1.88. The highest BCUT2D eigenvalue weighted by atomic mass is 35.5. The highest BCUT2D eigenvalue weighted by Crippen LogP contribution is 2.32. The molecule has 2 rings (SSSR count). The number of hydrogen-bond donors (Lipinski definition) is 2. The average Bonchev–Trinajstić information content (AvgIpc) is 2.71. The van der Waals surface area contributed by atoms with Crippen LogP contribution in [0, 0.1) is 0 Å². The minimum Gasteiger partial charge on any atom is -0.369 e. The van der Waals surface area contributed by atoms with E-state index in [9.17, 15) is 9.59 Å². The molecule has 1 aromatic carbocycles. The molecule has 0 saturated carbocycles. The van der Waals surface area contributed by atoms with Gasteiger partial charge in [-0.05, 0) is 36.1 Å². The van der Waals surface area contributed by atoms with Crippen LogP contribution in [0.1, 0.15) is 23.6 Å². The molecule has 2 amide bonds. The first-order chi connectivity index (χ1) is 9.06. The Morgan fingerprint density at radius 2 is 2.21 bits per heavy atom. The average molecular weight is 299 g/mol. The Kier molecular flexibility index (Phi) is 4.71. The van der Waals surface area contributed by atoms with Crippen molar-refractivity contribution < 1.29 is 9.59 Å². The minimum absolute atomic E-state index is 0.0499. The number of carbonyl (C=O) groups excluding carboxylic acids is 2. The number of halogens is 1. The first-order valence-electron chi connectivity index (χ1n) is 6.00. The van der Waals surface area contributed by atoms with Crippen molar-refractivity contribution in [3.05, 3.63) is 34.3 Å². The molecule has 19 heavy (non-hydrogen) atoms. The quantitative estimate of drug-likeness (QED) is 0.868. The molecule has 0 radical (unpaired) electrons. The normalized spacial score (nSPS) is 17.0. The van der Waals surface area contributed by atoms with Crippen molar-refractivity contribution in [3.8, 4) is 0 Å². The van der Waals surface area contributed by atoms with Gasteiger partial charge in [0.15, 0.2) is 0 Å². The zero-order valence-electron chi connectivity index (χ0n) is 10.3. The molecule has 0 fully saturated rings. The second-order valence-electron chi connectivity index (χ2n) is 4.46. The third kappa shape index (κ3) is 3.88. The van der Waals surface area contributed by atoms with Crippen LogP contribution >= 0.6 is 23.4 Å². The summed E-state index contributed by atoms with van der Waals surface area (Å²) >= 11 is 7.17. The van der Waals surface area contributed by atoms with E-state index in [1.807, 2.05) is 18.2 Å². The van der Waals surface area contributed by atoms with Crippen LogP contribution in [0.5, 0.6) is 0 Å². The minimum atomic E-state index is -0.404. The predicted molar refractivity (Wildman–Crippen MR) is 77.2 cm³/mol. The van der Waals surface area contributed by atoms with Gasteiger partial charge in [-0.1, -0.05) is 17.7 Å². The molecular weight excluding hydrogens is 284 g/mol. The van der Waals surface area contributed by atoms with E-state index in [1.165, 1.54) is 17.3 Å². The number of nitrogens with two attached hydrogens (primary N) is 1. The molecule has 0 aromatic heterocycles. The van der Waals surface area contributed by atoms with E-state index in [0.29, 0.717) is 0 Å². The molecule has 1 aliphatic rings. The topological polar surface area (TPSA) is 72.2 Å². The number of primary amides is 1. The van der Waals surface area contributed by atoms with Crippen molar-refractivity contribution >= 4 is 35.2 Å². The summed E-state index contributed by atoms with van der Waals surface area (Å²) in [6.07, 6.45) is 1.82. The van der Waals surface area contributed by atoms with Crippen LogP contribution in [0.15, 0.2) is 18.2 Å². The first kappa shape index (κ1) is 14.2. The van der Waals surface area contributed by atoms with Crippen LogP contribution in [0.4, 0.5) is 0 Å². The predicted octanol–water partition coefficient (Wildman–Crippen LogP) is 1.66. The number of rotatable bonds is 5. The summed E-state index contributed by atoms with van der Waals surface area (Å²) in [6, 6.07) is 5.80. The maximum atomic E-state index is 11.7. The molecule has 0 saturated heterocycles. The second-order valence-corrected chi connectivity index (χ2v) is 5.88. The number of aryl methyl sites for hydroxylation is 1. The lowest BCUT2D eigenvalue weighted by Gasteiger charge is -2.14. The number of carbonyl (C=O) groups is 2. The lowest BCUT2D eigenvalue weighted by molar-refractivity contribution is -0.119.